The minimum absolute atomic E-state index is 0.0590. The summed E-state index contributed by atoms with van der Waals surface area (Å²) in [5, 5.41) is 23.0. The quantitative estimate of drug-likeness (QED) is 0.0421. The Labute approximate surface area is 402 Å². The molecule has 0 spiro atoms. The number of nitrogens with one attached hydrogen (secondary N) is 1. The molecule has 0 saturated carbocycles. The van der Waals surface area contributed by atoms with E-state index in [2.05, 4.69) is 31.3 Å². The van der Waals surface area contributed by atoms with Gasteiger partial charge in [-0.25, -0.2) is 0 Å². The average molecular weight is 901 g/mol. The molecule has 2 atom stereocenters. The third-order valence-electron chi connectivity index (χ3n) is 13.9. The Bertz CT molecular complexity index is 932. The van der Waals surface area contributed by atoms with Crippen LogP contribution in [0.1, 0.15) is 335 Å². The van der Waals surface area contributed by atoms with Gasteiger partial charge in [0, 0.05) is 6.42 Å². The molecule has 0 heterocycles. The standard InChI is InChI=1S/C60H117NO3/c1-3-5-7-9-11-13-15-16-17-18-19-20-21-22-23-24-25-26-27-28-29-30-31-32-33-34-35-36-37-38-39-40-41-42-43-44-46-48-50-52-54-56-60(64)61-58(57-62)59(63)55-53-51-49-47-45-14-12-10-8-6-4-2/h18-19,53,55,58-59,62-63H,3-17,20-52,54,56-57H2,1-2H3,(H,61,64)/b19-18-,55-53+. The highest BCUT2D eigenvalue weighted by Crippen LogP contribution is 2.18. The van der Waals surface area contributed by atoms with Gasteiger partial charge in [0.1, 0.15) is 0 Å². The molecular weight excluding hydrogens is 783 g/mol. The first-order valence-electron chi connectivity index (χ1n) is 29.6. The number of unbranched alkanes of at least 4 members (excludes halogenated alkanes) is 46. The molecule has 0 aromatic rings. The normalized spacial score (nSPS) is 12.9. The minimum atomic E-state index is -0.834. The number of aliphatic hydroxyl groups excluding tert-OH is 2. The number of carbonyl (C=O) groups excluding carboxylic acids is 1. The highest BCUT2D eigenvalue weighted by molar-refractivity contribution is 5.76. The van der Waals surface area contributed by atoms with Crippen molar-refractivity contribution in [2.75, 3.05) is 6.61 Å². The second-order valence-electron chi connectivity index (χ2n) is 20.4. The fraction of sp³-hybridized carbons (Fsp3) is 0.917. The summed E-state index contributed by atoms with van der Waals surface area (Å²) in [5.41, 5.74) is 0. The van der Waals surface area contributed by atoms with Crippen LogP contribution < -0.4 is 5.32 Å². The van der Waals surface area contributed by atoms with Crippen molar-refractivity contribution >= 4 is 5.91 Å². The van der Waals surface area contributed by atoms with Gasteiger partial charge in [0.05, 0.1) is 18.8 Å². The van der Waals surface area contributed by atoms with E-state index in [1.54, 1.807) is 6.08 Å². The van der Waals surface area contributed by atoms with Crippen LogP contribution in [0.25, 0.3) is 0 Å². The molecule has 0 bridgehead atoms. The zero-order valence-corrected chi connectivity index (χ0v) is 43.8. The van der Waals surface area contributed by atoms with Crippen LogP contribution >= 0.6 is 0 Å². The van der Waals surface area contributed by atoms with Gasteiger partial charge in [-0.3, -0.25) is 4.79 Å². The van der Waals surface area contributed by atoms with E-state index in [1.165, 1.54) is 289 Å². The Morgan fingerprint density at radius 1 is 0.359 bits per heavy atom. The lowest BCUT2D eigenvalue weighted by Crippen LogP contribution is -2.45. The molecule has 64 heavy (non-hydrogen) atoms. The van der Waals surface area contributed by atoms with Crippen molar-refractivity contribution in [3.8, 4) is 0 Å². The van der Waals surface area contributed by atoms with Crippen molar-refractivity contribution in [3.05, 3.63) is 24.3 Å². The molecule has 4 heteroatoms. The van der Waals surface area contributed by atoms with Crippen LogP contribution in [0.4, 0.5) is 0 Å². The second kappa shape index (κ2) is 56.2. The zero-order valence-electron chi connectivity index (χ0n) is 43.8. The molecule has 0 aromatic heterocycles. The zero-order chi connectivity index (χ0) is 46.3. The minimum Gasteiger partial charge on any atom is -0.394 e. The van der Waals surface area contributed by atoms with E-state index in [0.717, 1.165) is 25.7 Å². The summed E-state index contributed by atoms with van der Waals surface area (Å²) in [6.07, 6.45) is 75.3. The summed E-state index contributed by atoms with van der Waals surface area (Å²) in [6, 6.07) is -0.617. The van der Waals surface area contributed by atoms with Crippen molar-refractivity contribution in [1.29, 1.82) is 0 Å². The number of amides is 1. The lowest BCUT2D eigenvalue weighted by Gasteiger charge is -2.20. The van der Waals surface area contributed by atoms with E-state index in [1.807, 2.05) is 6.08 Å². The number of aliphatic hydroxyl groups is 2. The molecule has 2 unspecified atom stereocenters. The fourth-order valence-corrected chi connectivity index (χ4v) is 9.41. The Morgan fingerprint density at radius 3 is 0.859 bits per heavy atom. The molecule has 0 aliphatic carbocycles. The molecular formula is C60H117NO3. The van der Waals surface area contributed by atoms with Gasteiger partial charge in [-0.15, -0.1) is 0 Å². The Balaban J connectivity index is 3.32. The van der Waals surface area contributed by atoms with Crippen LogP contribution in [0.2, 0.25) is 0 Å². The van der Waals surface area contributed by atoms with E-state index >= 15 is 0 Å². The summed E-state index contributed by atoms with van der Waals surface area (Å²) in [7, 11) is 0. The topological polar surface area (TPSA) is 69.6 Å². The van der Waals surface area contributed by atoms with E-state index in [9.17, 15) is 15.0 Å². The van der Waals surface area contributed by atoms with Gasteiger partial charge in [-0.2, -0.15) is 0 Å². The lowest BCUT2D eigenvalue weighted by atomic mass is 10.0. The predicted octanol–water partition coefficient (Wildman–Crippen LogP) is 19.5. The molecule has 0 aromatic carbocycles. The van der Waals surface area contributed by atoms with E-state index in [4.69, 9.17) is 0 Å². The van der Waals surface area contributed by atoms with Gasteiger partial charge in [0.15, 0.2) is 0 Å². The maximum Gasteiger partial charge on any atom is 0.220 e. The Hall–Kier alpha value is -1.13. The Morgan fingerprint density at radius 2 is 0.594 bits per heavy atom. The SMILES string of the molecule is CCCCCCCCCC/C=C\CCCCCCCCCCCCCCCCCCCCCCCCCCCCCCCC(=O)NC(CO)C(O)/C=C/CCCCCCCCCCC. The molecule has 380 valence electrons. The van der Waals surface area contributed by atoms with Crippen molar-refractivity contribution < 1.29 is 15.0 Å². The number of hydrogen-bond donors (Lipinski definition) is 3. The fourth-order valence-electron chi connectivity index (χ4n) is 9.41. The van der Waals surface area contributed by atoms with Crippen molar-refractivity contribution in [2.45, 2.75) is 347 Å². The van der Waals surface area contributed by atoms with Crippen molar-refractivity contribution in [3.63, 3.8) is 0 Å². The van der Waals surface area contributed by atoms with Gasteiger partial charge in [0.2, 0.25) is 5.91 Å². The third kappa shape index (κ3) is 51.8. The third-order valence-corrected chi connectivity index (χ3v) is 13.9. The van der Waals surface area contributed by atoms with Gasteiger partial charge < -0.3 is 15.5 Å². The first-order valence-corrected chi connectivity index (χ1v) is 29.6. The summed E-state index contributed by atoms with van der Waals surface area (Å²) in [4.78, 5) is 12.4. The highest BCUT2D eigenvalue weighted by Gasteiger charge is 2.18. The number of carbonyl (C=O) groups is 1. The number of rotatable bonds is 55. The smallest absolute Gasteiger partial charge is 0.220 e. The molecule has 3 N–H and O–H groups in total. The van der Waals surface area contributed by atoms with Gasteiger partial charge in [-0.1, -0.05) is 308 Å². The molecule has 0 fully saturated rings. The molecule has 0 aliphatic heterocycles. The Kier molecular flexibility index (Phi) is 55.2. The first-order chi connectivity index (χ1) is 31.7. The van der Waals surface area contributed by atoms with Crippen LogP contribution in [0.3, 0.4) is 0 Å². The second-order valence-corrected chi connectivity index (χ2v) is 20.4. The number of allylic oxidation sites excluding steroid dienone is 3. The monoisotopic (exact) mass is 900 g/mol. The maximum absolute atomic E-state index is 12.4. The van der Waals surface area contributed by atoms with E-state index in [0.29, 0.717) is 6.42 Å². The van der Waals surface area contributed by atoms with Gasteiger partial charge in [-0.05, 0) is 44.9 Å². The summed E-state index contributed by atoms with van der Waals surface area (Å²) in [5.74, 6) is -0.0590. The van der Waals surface area contributed by atoms with Crippen molar-refractivity contribution in [1.82, 2.24) is 5.32 Å². The van der Waals surface area contributed by atoms with Crippen LogP contribution in [0.15, 0.2) is 24.3 Å². The van der Waals surface area contributed by atoms with Gasteiger partial charge >= 0.3 is 0 Å². The molecule has 0 rings (SSSR count). The summed E-state index contributed by atoms with van der Waals surface area (Å²) in [6.45, 7) is 4.32. The lowest BCUT2D eigenvalue weighted by molar-refractivity contribution is -0.123. The van der Waals surface area contributed by atoms with E-state index in [-0.39, 0.29) is 12.5 Å². The van der Waals surface area contributed by atoms with Crippen molar-refractivity contribution in [2.24, 2.45) is 0 Å². The molecule has 0 saturated heterocycles. The average Bonchev–Trinajstić information content (AvgIpc) is 3.30. The van der Waals surface area contributed by atoms with Crippen LogP contribution in [-0.2, 0) is 4.79 Å². The maximum atomic E-state index is 12.4. The van der Waals surface area contributed by atoms with Crippen LogP contribution in [-0.4, -0.2) is 34.9 Å². The summed E-state index contributed by atoms with van der Waals surface area (Å²) < 4.78 is 0. The predicted molar refractivity (Wildman–Crippen MR) is 286 cm³/mol. The van der Waals surface area contributed by atoms with Crippen LogP contribution in [0.5, 0.6) is 0 Å². The highest BCUT2D eigenvalue weighted by atomic mass is 16.3. The first kappa shape index (κ1) is 62.9. The summed E-state index contributed by atoms with van der Waals surface area (Å²) >= 11 is 0. The molecule has 0 radical (unpaired) electrons. The number of hydrogen-bond acceptors (Lipinski definition) is 3. The van der Waals surface area contributed by atoms with Gasteiger partial charge in [0.25, 0.3) is 0 Å². The molecule has 0 aliphatic rings. The van der Waals surface area contributed by atoms with Crippen LogP contribution in [0, 0.1) is 0 Å². The molecule has 1 amide bonds. The largest absolute Gasteiger partial charge is 0.394 e. The molecule has 4 nitrogen and oxygen atoms in total. The van der Waals surface area contributed by atoms with E-state index < -0.39 is 12.1 Å².